The summed E-state index contributed by atoms with van der Waals surface area (Å²) < 4.78 is 17.4. The maximum Gasteiger partial charge on any atom is 0.334 e. The van der Waals surface area contributed by atoms with Gasteiger partial charge in [0.05, 0.1) is 12.0 Å². The van der Waals surface area contributed by atoms with E-state index in [1.807, 2.05) is 0 Å². The van der Waals surface area contributed by atoms with Crippen LogP contribution in [0.3, 0.4) is 0 Å². The van der Waals surface area contributed by atoms with Gasteiger partial charge in [0.2, 0.25) is 0 Å². The molecule has 5 nitrogen and oxygen atoms in total. The van der Waals surface area contributed by atoms with Gasteiger partial charge in [0.1, 0.15) is 17.8 Å². The van der Waals surface area contributed by atoms with Crippen molar-refractivity contribution in [3.63, 3.8) is 0 Å². The highest BCUT2D eigenvalue weighted by Gasteiger charge is 2.70. The third-order valence-electron chi connectivity index (χ3n) is 6.44. The summed E-state index contributed by atoms with van der Waals surface area (Å²) in [6.07, 6.45) is 2.60. The van der Waals surface area contributed by atoms with Gasteiger partial charge in [-0.25, -0.2) is 9.59 Å². The van der Waals surface area contributed by atoms with Crippen LogP contribution in [0.5, 0.6) is 0 Å². The van der Waals surface area contributed by atoms with Crippen LogP contribution in [0.4, 0.5) is 0 Å². The van der Waals surface area contributed by atoms with Crippen molar-refractivity contribution in [2.75, 3.05) is 0 Å². The lowest BCUT2D eigenvalue weighted by molar-refractivity contribution is -0.149. The maximum absolute atomic E-state index is 12.3. The number of carbonyl (C=O) groups is 2. The summed E-state index contributed by atoms with van der Waals surface area (Å²) in [5.41, 5.74) is 3.21. The zero-order chi connectivity index (χ0) is 18.1. The molecule has 0 aromatic carbocycles. The highest BCUT2D eigenvalue weighted by atomic mass is 16.6. The Balaban J connectivity index is 1.73. The fourth-order valence-electron chi connectivity index (χ4n) is 4.77. The van der Waals surface area contributed by atoms with Crippen LogP contribution < -0.4 is 0 Å². The van der Waals surface area contributed by atoms with Gasteiger partial charge >= 0.3 is 11.9 Å². The molecule has 2 saturated heterocycles. The molecular formula is C20H24O5. The molecule has 0 N–H and O–H groups in total. The zero-order valence-electron chi connectivity index (χ0n) is 15.1. The summed E-state index contributed by atoms with van der Waals surface area (Å²) in [5, 5.41) is 0. The van der Waals surface area contributed by atoms with Crippen LogP contribution >= 0.6 is 0 Å². The number of carbonyl (C=O) groups excluding carboxylic acids is 2. The highest BCUT2D eigenvalue weighted by molar-refractivity contribution is 5.92. The van der Waals surface area contributed by atoms with Gasteiger partial charge in [0, 0.05) is 23.5 Å². The average molecular weight is 344 g/mol. The van der Waals surface area contributed by atoms with E-state index in [0.717, 1.165) is 6.42 Å². The fraction of sp³-hybridized carbons (Fsp3) is 0.600. The Morgan fingerprint density at radius 3 is 2.80 bits per heavy atom. The van der Waals surface area contributed by atoms with Crippen molar-refractivity contribution in [3.05, 3.63) is 34.9 Å². The minimum atomic E-state index is -0.440. The van der Waals surface area contributed by atoms with Crippen molar-refractivity contribution < 1.29 is 23.8 Å². The molecule has 2 aliphatic carbocycles. The van der Waals surface area contributed by atoms with Crippen molar-refractivity contribution >= 4 is 11.9 Å². The van der Waals surface area contributed by atoms with E-state index in [4.69, 9.17) is 14.2 Å². The Morgan fingerprint density at radius 2 is 2.12 bits per heavy atom. The van der Waals surface area contributed by atoms with Gasteiger partial charge in [-0.1, -0.05) is 23.8 Å². The Bertz CT molecular complexity index is 745. The molecule has 0 aromatic heterocycles. The van der Waals surface area contributed by atoms with Gasteiger partial charge in [-0.2, -0.15) is 0 Å². The molecule has 0 spiro atoms. The minimum Gasteiger partial charge on any atom is -0.458 e. The number of epoxide rings is 1. The molecule has 0 amide bonds. The molecule has 2 heterocycles. The average Bonchev–Trinajstić information content (AvgIpc) is 3.03. The molecule has 0 aromatic rings. The first kappa shape index (κ1) is 16.6. The Kier molecular flexibility index (Phi) is 3.52. The Hall–Kier alpha value is -1.88. The van der Waals surface area contributed by atoms with Gasteiger partial charge in [-0.05, 0) is 34.1 Å². The van der Waals surface area contributed by atoms with Crippen LogP contribution in [0.1, 0.15) is 40.5 Å². The number of esters is 2. The Labute approximate surface area is 147 Å². The molecule has 25 heavy (non-hydrogen) atoms. The van der Waals surface area contributed by atoms with Crippen molar-refractivity contribution in [3.8, 4) is 0 Å². The molecule has 0 bridgehead atoms. The van der Waals surface area contributed by atoms with Crippen molar-refractivity contribution in [2.24, 2.45) is 11.8 Å². The SMILES string of the molecule is C=C1C(=O)OC2C1C(OC(=O)C(C)=CC)CC(C)=C1CC3OC3(C)C12. The summed E-state index contributed by atoms with van der Waals surface area (Å²) in [6.45, 7) is 11.7. The highest BCUT2D eigenvalue weighted by Crippen LogP contribution is 2.62. The second-order valence-electron chi connectivity index (χ2n) is 7.82. The summed E-state index contributed by atoms with van der Waals surface area (Å²) in [5.74, 6) is -1.03. The van der Waals surface area contributed by atoms with E-state index in [0.29, 0.717) is 17.6 Å². The molecular weight excluding hydrogens is 320 g/mol. The fourth-order valence-corrected chi connectivity index (χ4v) is 4.77. The molecule has 6 unspecified atom stereocenters. The van der Waals surface area contributed by atoms with Crippen LogP contribution in [0, 0.1) is 11.8 Å². The monoisotopic (exact) mass is 344 g/mol. The Morgan fingerprint density at radius 1 is 1.40 bits per heavy atom. The van der Waals surface area contributed by atoms with Gasteiger partial charge in [-0.15, -0.1) is 0 Å². The molecule has 6 atom stereocenters. The first-order chi connectivity index (χ1) is 11.8. The van der Waals surface area contributed by atoms with E-state index in [1.165, 1.54) is 11.1 Å². The quantitative estimate of drug-likeness (QED) is 0.334. The molecule has 134 valence electrons. The van der Waals surface area contributed by atoms with Crippen molar-refractivity contribution in [1.29, 1.82) is 0 Å². The zero-order valence-corrected chi connectivity index (χ0v) is 15.1. The van der Waals surface area contributed by atoms with Crippen LogP contribution in [-0.2, 0) is 23.8 Å². The van der Waals surface area contributed by atoms with Crippen LogP contribution in [-0.4, -0.2) is 35.9 Å². The number of ether oxygens (including phenoxy) is 3. The molecule has 3 fully saturated rings. The molecule has 2 aliphatic heterocycles. The summed E-state index contributed by atoms with van der Waals surface area (Å²) in [6, 6.07) is 0. The van der Waals surface area contributed by atoms with Crippen molar-refractivity contribution in [2.45, 2.75) is 64.4 Å². The van der Waals surface area contributed by atoms with E-state index in [1.54, 1.807) is 19.9 Å². The first-order valence-corrected chi connectivity index (χ1v) is 8.88. The van der Waals surface area contributed by atoms with Gasteiger partial charge in [-0.3, -0.25) is 0 Å². The number of hydrogen-bond acceptors (Lipinski definition) is 5. The predicted octanol–water partition coefficient (Wildman–Crippen LogP) is 2.86. The number of fused-ring (bicyclic) bond motifs is 5. The third kappa shape index (κ3) is 2.25. The van der Waals surface area contributed by atoms with Crippen LogP contribution in [0.15, 0.2) is 34.9 Å². The minimum absolute atomic E-state index is 0.0252. The summed E-state index contributed by atoms with van der Waals surface area (Å²) in [7, 11) is 0. The van der Waals surface area contributed by atoms with Crippen LogP contribution in [0.25, 0.3) is 0 Å². The van der Waals surface area contributed by atoms with Crippen LogP contribution in [0.2, 0.25) is 0 Å². The molecule has 5 heteroatoms. The first-order valence-electron chi connectivity index (χ1n) is 8.88. The predicted molar refractivity (Wildman–Crippen MR) is 90.5 cm³/mol. The molecule has 4 aliphatic rings. The second-order valence-corrected chi connectivity index (χ2v) is 7.82. The van der Waals surface area contributed by atoms with Gasteiger partial charge < -0.3 is 14.2 Å². The van der Waals surface area contributed by atoms with E-state index >= 15 is 0 Å². The lowest BCUT2D eigenvalue weighted by atomic mass is 9.80. The van der Waals surface area contributed by atoms with E-state index in [2.05, 4.69) is 20.4 Å². The van der Waals surface area contributed by atoms with E-state index in [-0.39, 0.29) is 41.6 Å². The van der Waals surface area contributed by atoms with E-state index in [9.17, 15) is 9.59 Å². The number of allylic oxidation sites excluding steroid dienone is 1. The summed E-state index contributed by atoms with van der Waals surface area (Å²) in [4.78, 5) is 24.6. The normalized spacial score (nSPS) is 42.4. The second kappa shape index (κ2) is 5.31. The number of hydrogen-bond donors (Lipinski definition) is 0. The molecule has 4 rings (SSSR count). The standard InChI is InChI=1S/C20H24O5/c1-6-9(2)18(21)23-13-7-10(3)12-8-14-20(5,25-14)16(12)17-15(13)11(4)19(22)24-17/h6,13-17H,4,7-8H2,1-3,5H3. The molecule has 0 radical (unpaired) electrons. The lowest BCUT2D eigenvalue weighted by Crippen LogP contribution is -2.40. The lowest BCUT2D eigenvalue weighted by Gasteiger charge is -2.30. The third-order valence-corrected chi connectivity index (χ3v) is 6.44. The topological polar surface area (TPSA) is 65.1 Å². The summed E-state index contributed by atoms with van der Waals surface area (Å²) >= 11 is 0. The van der Waals surface area contributed by atoms with Crippen molar-refractivity contribution in [1.82, 2.24) is 0 Å². The van der Waals surface area contributed by atoms with E-state index < -0.39 is 6.10 Å². The maximum atomic E-state index is 12.3. The largest absolute Gasteiger partial charge is 0.458 e. The smallest absolute Gasteiger partial charge is 0.334 e. The van der Waals surface area contributed by atoms with Gasteiger partial charge in [0.25, 0.3) is 0 Å². The molecule has 1 saturated carbocycles. The number of rotatable bonds is 2. The van der Waals surface area contributed by atoms with Gasteiger partial charge in [0.15, 0.2) is 0 Å².